The van der Waals surface area contributed by atoms with E-state index >= 15 is 0 Å². The Labute approximate surface area is 142 Å². The van der Waals surface area contributed by atoms with Crippen molar-refractivity contribution in [2.75, 3.05) is 13.1 Å². The van der Waals surface area contributed by atoms with Gasteiger partial charge in [0.05, 0.1) is 11.3 Å². The molecule has 128 valence electrons. The maximum absolute atomic E-state index is 12.5. The van der Waals surface area contributed by atoms with E-state index in [1.807, 2.05) is 24.0 Å². The lowest BCUT2D eigenvalue weighted by Crippen LogP contribution is -2.39. The number of pyridine rings is 1. The Morgan fingerprint density at radius 2 is 1.79 bits per heavy atom. The van der Waals surface area contributed by atoms with E-state index in [0.717, 1.165) is 68.6 Å². The number of rotatable bonds is 4. The van der Waals surface area contributed by atoms with Crippen LogP contribution in [0.5, 0.6) is 0 Å². The van der Waals surface area contributed by atoms with Gasteiger partial charge in [0.1, 0.15) is 0 Å². The lowest BCUT2D eigenvalue weighted by Gasteiger charge is -2.32. The summed E-state index contributed by atoms with van der Waals surface area (Å²) >= 11 is 0. The van der Waals surface area contributed by atoms with Crippen LogP contribution < -0.4 is 5.32 Å². The predicted octanol–water partition coefficient (Wildman–Crippen LogP) is 2.40. The van der Waals surface area contributed by atoms with Crippen molar-refractivity contribution in [2.24, 2.45) is 5.92 Å². The third-order valence-electron chi connectivity index (χ3n) is 5.34. The number of nitrogens with zero attached hydrogens (tertiary/aromatic N) is 2. The molecule has 24 heavy (non-hydrogen) atoms. The Morgan fingerprint density at radius 3 is 2.42 bits per heavy atom. The first-order valence-corrected chi connectivity index (χ1v) is 9.19. The second-order valence-corrected chi connectivity index (χ2v) is 7.51. The molecule has 0 radical (unpaired) electrons. The molecular weight excluding hydrogens is 302 g/mol. The second-order valence-electron chi connectivity index (χ2n) is 7.51. The molecule has 0 unspecified atom stereocenters. The molecule has 5 heteroatoms. The zero-order chi connectivity index (χ0) is 16.7. The van der Waals surface area contributed by atoms with Gasteiger partial charge in [0.15, 0.2) is 0 Å². The fraction of sp³-hybridized carbons (Fsp3) is 0.632. The van der Waals surface area contributed by atoms with Crippen molar-refractivity contribution in [3.05, 3.63) is 29.1 Å². The van der Waals surface area contributed by atoms with Crippen molar-refractivity contribution in [1.82, 2.24) is 15.2 Å². The van der Waals surface area contributed by atoms with Gasteiger partial charge in [-0.05, 0) is 57.6 Å². The number of amides is 2. The standard InChI is InChI=1S/C19H25N3O2/c1-12-2-7-16(18(23)21-15-5-6-15)17(20-12)13-8-10-22(11-9-13)19(24)14-3-4-14/h2,7,13-15H,3-6,8-11H2,1H3,(H,21,23). The maximum atomic E-state index is 12.5. The molecule has 4 rings (SSSR count). The number of carbonyl (C=O) groups is 2. The van der Waals surface area contributed by atoms with Crippen molar-refractivity contribution in [1.29, 1.82) is 0 Å². The first kappa shape index (κ1) is 15.6. The summed E-state index contributed by atoms with van der Waals surface area (Å²) in [6.45, 7) is 3.55. The highest BCUT2D eigenvalue weighted by molar-refractivity contribution is 5.95. The van der Waals surface area contributed by atoms with Crippen molar-refractivity contribution < 1.29 is 9.59 Å². The van der Waals surface area contributed by atoms with Crippen LogP contribution in [0.15, 0.2) is 12.1 Å². The number of hydrogen-bond donors (Lipinski definition) is 1. The number of carbonyl (C=O) groups excluding carboxylic acids is 2. The van der Waals surface area contributed by atoms with Gasteiger partial charge in [0, 0.05) is 36.7 Å². The molecule has 1 N–H and O–H groups in total. The first-order chi connectivity index (χ1) is 11.6. The number of nitrogens with one attached hydrogen (secondary N) is 1. The SMILES string of the molecule is Cc1ccc(C(=O)NC2CC2)c(C2CCN(C(=O)C3CC3)CC2)n1. The Bertz CT molecular complexity index is 657. The molecule has 1 saturated heterocycles. The van der Waals surface area contributed by atoms with E-state index in [2.05, 4.69) is 5.32 Å². The van der Waals surface area contributed by atoms with Crippen LogP contribution in [0.25, 0.3) is 0 Å². The van der Waals surface area contributed by atoms with Crippen LogP contribution in [-0.4, -0.2) is 40.8 Å². The lowest BCUT2D eigenvalue weighted by molar-refractivity contribution is -0.133. The van der Waals surface area contributed by atoms with Gasteiger partial charge in [-0.15, -0.1) is 0 Å². The predicted molar refractivity (Wildman–Crippen MR) is 90.7 cm³/mol. The molecule has 0 atom stereocenters. The largest absolute Gasteiger partial charge is 0.349 e. The number of likely N-dealkylation sites (tertiary alicyclic amines) is 1. The summed E-state index contributed by atoms with van der Waals surface area (Å²) in [4.78, 5) is 31.4. The van der Waals surface area contributed by atoms with Gasteiger partial charge < -0.3 is 10.2 Å². The topological polar surface area (TPSA) is 62.3 Å². The minimum atomic E-state index is 0.0106. The van der Waals surface area contributed by atoms with E-state index in [-0.39, 0.29) is 11.8 Å². The van der Waals surface area contributed by atoms with Gasteiger partial charge in [-0.3, -0.25) is 14.6 Å². The lowest BCUT2D eigenvalue weighted by atomic mass is 9.89. The molecule has 1 aliphatic heterocycles. The molecule has 2 saturated carbocycles. The molecule has 0 spiro atoms. The van der Waals surface area contributed by atoms with Gasteiger partial charge in [-0.2, -0.15) is 0 Å². The van der Waals surface area contributed by atoms with Crippen LogP contribution in [0, 0.1) is 12.8 Å². The number of aromatic nitrogens is 1. The van der Waals surface area contributed by atoms with E-state index in [0.29, 0.717) is 17.9 Å². The first-order valence-electron chi connectivity index (χ1n) is 9.19. The van der Waals surface area contributed by atoms with E-state index in [9.17, 15) is 9.59 Å². The van der Waals surface area contributed by atoms with Gasteiger partial charge in [0.2, 0.25) is 5.91 Å². The minimum Gasteiger partial charge on any atom is -0.349 e. The molecular formula is C19H25N3O2. The molecule has 3 aliphatic rings. The third-order valence-corrected chi connectivity index (χ3v) is 5.34. The summed E-state index contributed by atoms with van der Waals surface area (Å²) in [6.07, 6.45) is 6.09. The molecule has 1 aromatic heterocycles. The Kier molecular flexibility index (Phi) is 4.02. The Hall–Kier alpha value is -1.91. The van der Waals surface area contributed by atoms with Crippen LogP contribution in [-0.2, 0) is 4.79 Å². The van der Waals surface area contributed by atoms with E-state index in [1.165, 1.54) is 0 Å². The quantitative estimate of drug-likeness (QED) is 0.924. The van der Waals surface area contributed by atoms with Gasteiger partial charge in [0.25, 0.3) is 5.91 Å². The van der Waals surface area contributed by atoms with Crippen LogP contribution in [0.2, 0.25) is 0 Å². The van der Waals surface area contributed by atoms with Crippen molar-refractivity contribution in [3.63, 3.8) is 0 Å². The van der Waals surface area contributed by atoms with Gasteiger partial charge in [-0.1, -0.05) is 0 Å². The van der Waals surface area contributed by atoms with Gasteiger partial charge >= 0.3 is 0 Å². The zero-order valence-corrected chi connectivity index (χ0v) is 14.3. The van der Waals surface area contributed by atoms with Crippen LogP contribution in [0.3, 0.4) is 0 Å². The molecule has 2 amide bonds. The summed E-state index contributed by atoms with van der Waals surface area (Å²) in [5.41, 5.74) is 2.59. The van der Waals surface area contributed by atoms with E-state index in [1.54, 1.807) is 0 Å². The fourth-order valence-corrected chi connectivity index (χ4v) is 3.53. The van der Waals surface area contributed by atoms with Crippen LogP contribution >= 0.6 is 0 Å². The summed E-state index contributed by atoms with van der Waals surface area (Å²) in [6, 6.07) is 4.18. The normalized spacial score (nSPS) is 21.6. The number of piperidine rings is 1. The highest BCUT2D eigenvalue weighted by Gasteiger charge is 2.36. The van der Waals surface area contributed by atoms with Crippen LogP contribution in [0.1, 0.15) is 66.2 Å². The maximum Gasteiger partial charge on any atom is 0.253 e. The second kappa shape index (κ2) is 6.19. The molecule has 0 bridgehead atoms. The van der Waals surface area contributed by atoms with Crippen molar-refractivity contribution in [3.8, 4) is 0 Å². The zero-order valence-electron chi connectivity index (χ0n) is 14.3. The Morgan fingerprint density at radius 1 is 1.08 bits per heavy atom. The molecule has 3 fully saturated rings. The van der Waals surface area contributed by atoms with Crippen molar-refractivity contribution in [2.45, 2.75) is 57.4 Å². The van der Waals surface area contributed by atoms with Crippen molar-refractivity contribution >= 4 is 11.8 Å². The highest BCUT2D eigenvalue weighted by Crippen LogP contribution is 2.35. The average molecular weight is 327 g/mol. The fourth-order valence-electron chi connectivity index (χ4n) is 3.53. The molecule has 0 aromatic carbocycles. The third kappa shape index (κ3) is 3.30. The summed E-state index contributed by atoms with van der Waals surface area (Å²) in [5.74, 6) is 0.903. The molecule has 1 aromatic rings. The van der Waals surface area contributed by atoms with Gasteiger partial charge in [-0.25, -0.2) is 0 Å². The molecule has 5 nitrogen and oxygen atoms in total. The molecule has 2 heterocycles. The monoisotopic (exact) mass is 327 g/mol. The minimum absolute atomic E-state index is 0.0106. The highest BCUT2D eigenvalue weighted by atomic mass is 16.2. The summed E-state index contributed by atoms with van der Waals surface area (Å²) < 4.78 is 0. The number of hydrogen-bond acceptors (Lipinski definition) is 3. The smallest absolute Gasteiger partial charge is 0.253 e. The molecule has 2 aliphatic carbocycles. The van der Waals surface area contributed by atoms with E-state index in [4.69, 9.17) is 4.98 Å². The summed E-state index contributed by atoms with van der Waals surface area (Å²) in [7, 11) is 0. The number of aryl methyl sites for hydroxylation is 1. The Balaban J connectivity index is 1.47. The average Bonchev–Trinajstić information content (AvgIpc) is 3.47. The summed E-state index contributed by atoms with van der Waals surface area (Å²) in [5, 5.41) is 3.08. The van der Waals surface area contributed by atoms with Crippen LogP contribution in [0.4, 0.5) is 0 Å². The van der Waals surface area contributed by atoms with E-state index < -0.39 is 0 Å².